The van der Waals surface area contributed by atoms with E-state index in [1.165, 1.54) is 0 Å². The Morgan fingerprint density at radius 2 is 1.75 bits per heavy atom. The summed E-state index contributed by atoms with van der Waals surface area (Å²) in [5, 5.41) is 0. The smallest absolute Gasteiger partial charge is 0.213 e. The van der Waals surface area contributed by atoms with Crippen LogP contribution in [0.4, 0.5) is 0 Å². The summed E-state index contributed by atoms with van der Waals surface area (Å²) in [5.74, 6) is 1.40. The molecule has 0 aliphatic carbocycles. The number of aromatic amines is 1. The summed E-state index contributed by atoms with van der Waals surface area (Å²) in [6.07, 6.45) is 3.41. The fourth-order valence-electron chi connectivity index (χ4n) is 0.605. The molecular formula is C4H4N2O2. The molecule has 2 N–H and O–H groups in total. The molecule has 2 heterocycles. The van der Waals surface area contributed by atoms with E-state index in [-0.39, 0.29) is 0 Å². The van der Waals surface area contributed by atoms with Crippen LogP contribution >= 0.6 is 0 Å². The van der Waals surface area contributed by atoms with Gasteiger partial charge in [0.25, 0.3) is 0 Å². The summed E-state index contributed by atoms with van der Waals surface area (Å²) < 4.78 is 0. The highest BCUT2D eigenvalue weighted by atomic mass is 16.9. The van der Waals surface area contributed by atoms with Crippen molar-refractivity contribution in [3.63, 3.8) is 0 Å². The van der Waals surface area contributed by atoms with Crippen LogP contribution < -0.4 is 15.3 Å². The summed E-state index contributed by atoms with van der Waals surface area (Å²) in [6.45, 7) is 0. The second-order valence-corrected chi connectivity index (χ2v) is 1.47. The van der Waals surface area contributed by atoms with E-state index >= 15 is 0 Å². The number of hydrogen-bond donors (Lipinski definition) is 2. The molecule has 0 fully saturated rings. The van der Waals surface area contributed by atoms with Gasteiger partial charge < -0.3 is 14.7 Å². The maximum absolute atomic E-state index is 4.73. The first-order valence-corrected chi connectivity index (χ1v) is 2.22. The van der Waals surface area contributed by atoms with Crippen molar-refractivity contribution in [2.24, 2.45) is 0 Å². The molecule has 0 saturated heterocycles. The molecule has 8 heavy (non-hydrogen) atoms. The van der Waals surface area contributed by atoms with E-state index in [0.717, 1.165) is 0 Å². The first-order valence-electron chi connectivity index (χ1n) is 2.22. The van der Waals surface area contributed by atoms with Gasteiger partial charge in [0.1, 0.15) is 0 Å². The van der Waals surface area contributed by atoms with Crippen LogP contribution in [0, 0.1) is 0 Å². The van der Waals surface area contributed by atoms with Gasteiger partial charge in [-0.25, -0.2) is 0 Å². The summed E-state index contributed by atoms with van der Waals surface area (Å²) in [6, 6.07) is 0. The Morgan fingerprint density at radius 3 is 2.38 bits per heavy atom. The van der Waals surface area contributed by atoms with Gasteiger partial charge in [-0.15, -0.1) is 0 Å². The zero-order chi connectivity index (χ0) is 5.40. The zero-order valence-corrected chi connectivity index (χ0v) is 3.97. The van der Waals surface area contributed by atoms with Crippen LogP contribution in [0.2, 0.25) is 0 Å². The van der Waals surface area contributed by atoms with E-state index in [2.05, 4.69) is 10.6 Å². The van der Waals surface area contributed by atoms with Crippen LogP contribution in [0.5, 0.6) is 11.5 Å². The number of H-pyrrole nitrogens is 1. The van der Waals surface area contributed by atoms with Gasteiger partial charge in [0.05, 0.1) is 12.4 Å². The van der Waals surface area contributed by atoms with Crippen molar-refractivity contribution in [1.29, 1.82) is 0 Å². The van der Waals surface area contributed by atoms with Gasteiger partial charge in [0, 0.05) is 5.64 Å². The maximum atomic E-state index is 4.73. The van der Waals surface area contributed by atoms with Crippen LogP contribution in [0.25, 0.3) is 0 Å². The SMILES string of the molecule is c1[nH]cc2c1ONO2. The van der Waals surface area contributed by atoms with Crippen molar-refractivity contribution in [3.8, 4) is 11.5 Å². The molecule has 0 radical (unpaired) electrons. The molecule has 4 heteroatoms. The van der Waals surface area contributed by atoms with Gasteiger partial charge in [-0.2, -0.15) is 0 Å². The van der Waals surface area contributed by atoms with E-state index in [1.54, 1.807) is 12.4 Å². The number of rotatable bonds is 0. The van der Waals surface area contributed by atoms with Crippen molar-refractivity contribution in [2.75, 3.05) is 0 Å². The Labute approximate surface area is 45.3 Å². The Bertz CT molecular complexity index is 177. The highest BCUT2D eigenvalue weighted by molar-refractivity contribution is 5.37. The summed E-state index contributed by atoms with van der Waals surface area (Å²) in [7, 11) is 0. The fourth-order valence-corrected chi connectivity index (χ4v) is 0.605. The van der Waals surface area contributed by atoms with Crippen LogP contribution in [0.15, 0.2) is 12.4 Å². The normalized spacial score (nSPS) is 14.5. The minimum Gasteiger partial charge on any atom is -0.368 e. The van der Waals surface area contributed by atoms with Crippen molar-refractivity contribution < 1.29 is 9.68 Å². The molecule has 1 aromatic rings. The Hall–Kier alpha value is -1.16. The number of aromatic nitrogens is 1. The van der Waals surface area contributed by atoms with Gasteiger partial charge in [0.2, 0.25) is 11.5 Å². The number of fused-ring (bicyclic) bond motifs is 1. The Balaban J connectivity index is 2.54. The molecule has 0 atom stereocenters. The van der Waals surface area contributed by atoms with Gasteiger partial charge in [-0.1, -0.05) is 0 Å². The summed E-state index contributed by atoms with van der Waals surface area (Å²) >= 11 is 0. The fraction of sp³-hybridized carbons (Fsp3) is 0. The van der Waals surface area contributed by atoms with Gasteiger partial charge in [0.15, 0.2) is 0 Å². The third kappa shape index (κ3) is 0.324. The van der Waals surface area contributed by atoms with Crippen LogP contribution in [-0.2, 0) is 0 Å². The largest absolute Gasteiger partial charge is 0.368 e. The molecule has 4 nitrogen and oxygen atoms in total. The van der Waals surface area contributed by atoms with Crippen molar-refractivity contribution in [2.45, 2.75) is 0 Å². The minimum atomic E-state index is 0.699. The molecular weight excluding hydrogens is 108 g/mol. The molecule has 0 spiro atoms. The highest BCUT2D eigenvalue weighted by Gasteiger charge is 2.12. The van der Waals surface area contributed by atoms with E-state index in [9.17, 15) is 0 Å². The lowest BCUT2D eigenvalue weighted by Gasteiger charge is -1.87. The van der Waals surface area contributed by atoms with E-state index in [4.69, 9.17) is 9.68 Å². The Kier molecular flexibility index (Phi) is 0.552. The molecule has 1 aromatic heterocycles. The predicted octanol–water partition coefficient (Wildman–Crippen LogP) is 0.205. The second-order valence-electron chi connectivity index (χ2n) is 1.47. The van der Waals surface area contributed by atoms with E-state index < -0.39 is 0 Å². The lowest BCUT2D eigenvalue weighted by molar-refractivity contribution is 0.0247. The molecule has 0 unspecified atom stereocenters. The molecule has 0 aromatic carbocycles. The molecule has 0 amide bonds. The highest BCUT2D eigenvalue weighted by Crippen LogP contribution is 2.28. The second kappa shape index (κ2) is 1.16. The average molecular weight is 112 g/mol. The number of hydrogen-bond acceptors (Lipinski definition) is 3. The Morgan fingerprint density at radius 1 is 1.12 bits per heavy atom. The lowest BCUT2D eigenvalue weighted by atomic mass is 10.6. The standard InChI is InChI=1S/C4H4N2O2/c1-3-4(2-5-1)8-6-7-3/h1-2,5-6H. The quantitative estimate of drug-likeness (QED) is 0.504. The van der Waals surface area contributed by atoms with Crippen LogP contribution in [-0.4, -0.2) is 4.98 Å². The first-order chi connectivity index (χ1) is 3.97. The molecule has 2 rings (SSSR count). The van der Waals surface area contributed by atoms with Crippen LogP contribution in [0.3, 0.4) is 0 Å². The van der Waals surface area contributed by atoms with Crippen molar-refractivity contribution in [3.05, 3.63) is 12.4 Å². The summed E-state index contributed by atoms with van der Waals surface area (Å²) in [5.41, 5.74) is 2.25. The third-order valence-corrected chi connectivity index (χ3v) is 0.975. The first kappa shape index (κ1) is 3.80. The summed E-state index contributed by atoms with van der Waals surface area (Å²) in [4.78, 5) is 12.3. The van der Waals surface area contributed by atoms with E-state index in [1.807, 2.05) is 0 Å². The van der Waals surface area contributed by atoms with Crippen LogP contribution in [0.1, 0.15) is 0 Å². The van der Waals surface area contributed by atoms with Crippen molar-refractivity contribution in [1.82, 2.24) is 10.6 Å². The lowest BCUT2D eigenvalue weighted by Crippen LogP contribution is -2.14. The average Bonchev–Trinajstić information content (AvgIpc) is 2.15. The third-order valence-electron chi connectivity index (χ3n) is 0.975. The molecule has 1 aliphatic heterocycles. The number of nitrogens with one attached hydrogen (secondary N) is 2. The molecule has 0 saturated carbocycles. The molecule has 42 valence electrons. The van der Waals surface area contributed by atoms with Gasteiger partial charge in [-0.3, -0.25) is 0 Å². The van der Waals surface area contributed by atoms with Gasteiger partial charge >= 0.3 is 0 Å². The van der Waals surface area contributed by atoms with Crippen molar-refractivity contribution >= 4 is 0 Å². The maximum Gasteiger partial charge on any atom is 0.213 e. The topological polar surface area (TPSA) is 46.3 Å². The zero-order valence-electron chi connectivity index (χ0n) is 3.97. The monoisotopic (exact) mass is 112 g/mol. The van der Waals surface area contributed by atoms with Gasteiger partial charge in [-0.05, 0) is 0 Å². The predicted molar refractivity (Wildman–Crippen MR) is 25.2 cm³/mol. The van der Waals surface area contributed by atoms with E-state index in [0.29, 0.717) is 11.5 Å². The minimum absolute atomic E-state index is 0.699. The molecule has 0 bridgehead atoms. The molecule has 1 aliphatic rings.